The van der Waals surface area contributed by atoms with E-state index in [9.17, 15) is 9.59 Å². The highest BCUT2D eigenvalue weighted by Gasteiger charge is 2.25. The summed E-state index contributed by atoms with van der Waals surface area (Å²) in [7, 11) is 0. The average molecular weight is 391 g/mol. The Hall–Kier alpha value is -3.19. The van der Waals surface area contributed by atoms with Crippen LogP contribution in [0.15, 0.2) is 48.5 Å². The number of nitrogens with one attached hydrogen (secondary N) is 3. The van der Waals surface area contributed by atoms with Gasteiger partial charge in [-0.3, -0.25) is 14.5 Å². The van der Waals surface area contributed by atoms with E-state index in [1.165, 1.54) is 6.92 Å². The number of para-hydroxylation sites is 2. The number of carbonyl (C=O) groups is 2. The molecule has 0 aliphatic carbocycles. The standard InChI is InChI=1S/C22H25N5O2/c1-15(28)23-17-8-10-18(11-9-17)24-21(29)14-27-12-4-5-16(13-27)22-25-19-6-2-3-7-20(19)26-22/h2-3,6-11,16H,4-5,12-14H2,1H3,(H,23,28)(H,24,29)(H,25,26)/t16-/m0/s1. The van der Waals surface area contributed by atoms with E-state index < -0.39 is 0 Å². The molecule has 1 aromatic heterocycles. The van der Waals surface area contributed by atoms with Crippen molar-refractivity contribution in [1.82, 2.24) is 14.9 Å². The summed E-state index contributed by atoms with van der Waals surface area (Å²) in [4.78, 5) is 33.9. The summed E-state index contributed by atoms with van der Waals surface area (Å²) in [6, 6.07) is 15.2. The maximum absolute atomic E-state index is 12.5. The zero-order valence-electron chi connectivity index (χ0n) is 16.4. The highest BCUT2D eigenvalue weighted by molar-refractivity contribution is 5.93. The van der Waals surface area contributed by atoms with Gasteiger partial charge in [0.25, 0.3) is 0 Å². The lowest BCUT2D eigenvalue weighted by Gasteiger charge is -2.31. The molecule has 1 saturated heterocycles. The number of aromatic amines is 1. The minimum atomic E-state index is -0.120. The van der Waals surface area contributed by atoms with Gasteiger partial charge in [0.1, 0.15) is 5.82 Å². The minimum Gasteiger partial charge on any atom is -0.342 e. The van der Waals surface area contributed by atoms with Crippen molar-refractivity contribution in [3.8, 4) is 0 Å². The van der Waals surface area contributed by atoms with Crippen LogP contribution in [-0.2, 0) is 9.59 Å². The fourth-order valence-corrected chi connectivity index (χ4v) is 3.83. The van der Waals surface area contributed by atoms with E-state index in [2.05, 4.69) is 20.5 Å². The number of nitrogens with zero attached hydrogens (tertiary/aromatic N) is 2. The summed E-state index contributed by atoms with van der Waals surface area (Å²) in [5, 5.41) is 5.64. The fraction of sp³-hybridized carbons (Fsp3) is 0.318. The number of likely N-dealkylation sites (tertiary alicyclic amines) is 1. The topological polar surface area (TPSA) is 90.1 Å². The van der Waals surface area contributed by atoms with E-state index in [4.69, 9.17) is 4.98 Å². The van der Waals surface area contributed by atoms with Crippen LogP contribution in [0.3, 0.4) is 0 Å². The Labute approximate surface area is 169 Å². The Morgan fingerprint density at radius 3 is 2.55 bits per heavy atom. The van der Waals surface area contributed by atoms with E-state index in [-0.39, 0.29) is 11.8 Å². The molecule has 4 rings (SSSR count). The summed E-state index contributed by atoms with van der Waals surface area (Å²) >= 11 is 0. The maximum Gasteiger partial charge on any atom is 0.238 e. The quantitative estimate of drug-likeness (QED) is 0.622. The first-order chi connectivity index (χ1) is 14.1. The Balaban J connectivity index is 1.34. The van der Waals surface area contributed by atoms with Crippen LogP contribution in [0.5, 0.6) is 0 Å². The zero-order valence-corrected chi connectivity index (χ0v) is 16.4. The van der Waals surface area contributed by atoms with Crippen LogP contribution in [0.2, 0.25) is 0 Å². The van der Waals surface area contributed by atoms with Gasteiger partial charge in [0.2, 0.25) is 11.8 Å². The molecule has 0 unspecified atom stereocenters. The lowest BCUT2D eigenvalue weighted by atomic mass is 9.97. The van der Waals surface area contributed by atoms with Crippen molar-refractivity contribution in [3.05, 3.63) is 54.4 Å². The summed E-state index contributed by atoms with van der Waals surface area (Å²) in [6.45, 7) is 3.54. The number of rotatable bonds is 5. The van der Waals surface area contributed by atoms with Gasteiger partial charge < -0.3 is 15.6 Å². The second-order valence-electron chi connectivity index (χ2n) is 7.52. The van der Waals surface area contributed by atoms with Gasteiger partial charge in [-0.1, -0.05) is 12.1 Å². The SMILES string of the molecule is CC(=O)Nc1ccc(NC(=O)CN2CCC[C@H](c3nc4ccccc4[nH]3)C2)cc1. The molecule has 0 saturated carbocycles. The van der Waals surface area contributed by atoms with Gasteiger partial charge in [-0.25, -0.2) is 4.98 Å². The Kier molecular flexibility index (Phi) is 5.57. The van der Waals surface area contributed by atoms with Crippen LogP contribution in [-0.4, -0.2) is 46.3 Å². The number of amides is 2. The van der Waals surface area contributed by atoms with Crippen LogP contribution in [0, 0.1) is 0 Å². The first kappa shape index (κ1) is 19.1. The number of imidazole rings is 1. The largest absolute Gasteiger partial charge is 0.342 e. The molecule has 0 radical (unpaired) electrons. The second kappa shape index (κ2) is 8.45. The number of hydrogen-bond donors (Lipinski definition) is 3. The monoisotopic (exact) mass is 391 g/mol. The number of aromatic nitrogens is 2. The lowest BCUT2D eigenvalue weighted by molar-refractivity contribution is -0.117. The van der Waals surface area contributed by atoms with E-state index in [1.54, 1.807) is 24.3 Å². The molecule has 1 aliphatic rings. The van der Waals surface area contributed by atoms with Crippen molar-refractivity contribution in [2.45, 2.75) is 25.7 Å². The average Bonchev–Trinajstić information content (AvgIpc) is 3.14. The molecule has 1 aliphatic heterocycles. The number of anilines is 2. The molecule has 7 nitrogen and oxygen atoms in total. The van der Waals surface area contributed by atoms with Crippen LogP contribution >= 0.6 is 0 Å². The van der Waals surface area contributed by atoms with Gasteiger partial charge in [0, 0.05) is 30.8 Å². The molecule has 0 bridgehead atoms. The summed E-state index contributed by atoms with van der Waals surface area (Å²) in [6.07, 6.45) is 2.11. The van der Waals surface area contributed by atoms with Gasteiger partial charge in [-0.15, -0.1) is 0 Å². The van der Waals surface area contributed by atoms with Crippen molar-refractivity contribution in [3.63, 3.8) is 0 Å². The molecule has 29 heavy (non-hydrogen) atoms. The molecular formula is C22H25N5O2. The number of piperidine rings is 1. The molecule has 1 fully saturated rings. The molecule has 2 amide bonds. The fourth-order valence-electron chi connectivity index (χ4n) is 3.83. The third-order valence-corrected chi connectivity index (χ3v) is 5.16. The van der Waals surface area contributed by atoms with E-state index in [0.717, 1.165) is 48.5 Å². The molecule has 0 spiro atoms. The third kappa shape index (κ3) is 4.81. The number of fused-ring (bicyclic) bond motifs is 1. The second-order valence-corrected chi connectivity index (χ2v) is 7.52. The zero-order chi connectivity index (χ0) is 20.2. The van der Waals surface area contributed by atoms with E-state index in [0.29, 0.717) is 18.2 Å². The van der Waals surface area contributed by atoms with Crippen molar-refractivity contribution in [1.29, 1.82) is 0 Å². The van der Waals surface area contributed by atoms with Crippen molar-refractivity contribution < 1.29 is 9.59 Å². The predicted molar refractivity (Wildman–Crippen MR) is 114 cm³/mol. The highest BCUT2D eigenvalue weighted by Crippen LogP contribution is 2.26. The van der Waals surface area contributed by atoms with Gasteiger partial charge >= 0.3 is 0 Å². The van der Waals surface area contributed by atoms with Crippen molar-refractivity contribution >= 4 is 34.2 Å². The number of carbonyl (C=O) groups excluding carboxylic acids is 2. The van der Waals surface area contributed by atoms with Gasteiger partial charge in [-0.05, 0) is 55.8 Å². The van der Waals surface area contributed by atoms with Crippen LogP contribution < -0.4 is 10.6 Å². The normalized spacial score (nSPS) is 17.2. The van der Waals surface area contributed by atoms with Crippen LogP contribution in [0.1, 0.15) is 31.5 Å². The Morgan fingerprint density at radius 2 is 1.83 bits per heavy atom. The molecule has 150 valence electrons. The number of H-pyrrole nitrogens is 1. The van der Waals surface area contributed by atoms with Gasteiger partial charge in [-0.2, -0.15) is 0 Å². The summed E-state index contributed by atoms with van der Waals surface area (Å²) in [5.74, 6) is 1.15. The number of hydrogen-bond acceptors (Lipinski definition) is 4. The third-order valence-electron chi connectivity index (χ3n) is 5.16. The molecule has 3 N–H and O–H groups in total. The van der Waals surface area contributed by atoms with E-state index >= 15 is 0 Å². The molecular weight excluding hydrogens is 366 g/mol. The smallest absolute Gasteiger partial charge is 0.238 e. The highest BCUT2D eigenvalue weighted by atomic mass is 16.2. The molecule has 7 heteroatoms. The minimum absolute atomic E-state index is 0.0393. The number of benzene rings is 2. The van der Waals surface area contributed by atoms with Crippen LogP contribution in [0.25, 0.3) is 11.0 Å². The first-order valence-electron chi connectivity index (χ1n) is 9.91. The van der Waals surface area contributed by atoms with Gasteiger partial charge in [0.05, 0.1) is 17.6 Å². The summed E-state index contributed by atoms with van der Waals surface area (Å²) in [5.41, 5.74) is 3.47. The van der Waals surface area contributed by atoms with Crippen LogP contribution in [0.4, 0.5) is 11.4 Å². The summed E-state index contributed by atoms with van der Waals surface area (Å²) < 4.78 is 0. The van der Waals surface area contributed by atoms with Crippen molar-refractivity contribution in [2.24, 2.45) is 0 Å². The Bertz CT molecular complexity index is 978. The lowest BCUT2D eigenvalue weighted by Crippen LogP contribution is -2.40. The maximum atomic E-state index is 12.5. The van der Waals surface area contributed by atoms with Gasteiger partial charge in [0.15, 0.2) is 0 Å². The molecule has 1 atom stereocenters. The molecule has 2 heterocycles. The van der Waals surface area contributed by atoms with Crippen molar-refractivity contribution in [2.75, 3.05) is 30.3 Å². The van der Waals surface area contributed by atoms with E-state index in [1.807, 2.05) is 24.3 Å². The molecule has 2 aromatic carbocycles. The predicted octanol–water partition coefficient (Wildman–Crippen LogP) is 3.34. The first-order valence-corrected chi connectivity index (χ1v) is 9.91. The molecule has 3 aromatic rings. The Morgan fingerprint density at radius 1 is 1.10 bits per heavy atom.